The molecule has 0 saturated carbocycles. The van der Waals surface area contributed by atoms with Crippen LogP contribution < -0.4 is 0 Å². The van der Waals surface area contributed by atoms with Crippen molar-refractivity contribution in [1.82, 2.24) is 0 Å². The maximum Gasteiger partial charge on any atom is 0.302 e. The molecule has 0 amide bonds. The summed E-state index contributed by atoms with van der Waals surface area (Å²) in [6, 6.07) is 15.8. The fourth-order valence-electron chi connectivity index (χ4n) is 1.74. The average Bonchev–Trinajstić information content (AvgIpc) is 2.63. The van der Waals surface area contributed by atoms with E-state index in [1.54, 1.807) is 0 Å². The standard InChI is InChI=1S/2C10H12O2.C2H6/c2*1-8-3-5-10(6-4-8)7-12-9(2)11;1-2/h2*3-6H,7H2,1-2H3;1-2H3. The molecule has 2 aromatic carbocycles. The summed E-state index contributed by atoms with van der Waals surface area (Å²) in [7, 11) is 0. The van der Waals surface area contributed by atoms with Gasteiger partial charge in [-0.25, -0.2) is 0 Å². The highest BCUT2D eigenvalue weighted by Crippen LogP contribution is 2.05. The number of carbonyl (C=O) groups excluding carboxylic acids is 2. The van der Waals surface area contributed by atoms with E-state index < -0.39 is 0 Å². The number of aryl methyl sites for hydroxylation is 2. The number of hydrogen-bond acceptors (Lipinski definition) is 4. The topological polar surface area (TPSA) is 52.6 Å². The Morgan fingerprint density at radius 3 is 1.15 bits per heavy atom. The van der Waals surface area contributed by atoms with Crippen molar-refractivity contribution in [3.63, 3.8) is 0 Å². The third-order valence-corrected chi connectivity index (χ3v) is 3.13. The maximum atomic E-state index is 10.5. The molecule has 4 nitrogen and oxygen atoms in total. The molecule has 2 rings (SSSR count). The molecule has 0 saturated heterocycles. The first-order chi connectivity index (χ1) is 12.4. The van der Waals surface area contributed by atoms with Gasteiger partial charge in [-0.1, -0.05) is 73.5 Å². The zero-order valence-corrected chi connectivity index (χ0v) is 16.7. The fraction of sp³-hybridized carbons (Fsp3) is 0.364. The number of esters is 2. The van der Waals surface area contributed by atoms with Gasteiger partial charge < -0.3 is 9.47 Å². The second kappa shape index (κ2) is 13.6. The van der Waals surface area contributed by atoms with Crippen LogP contribution in [-0.2, 0) is 32.3 Å². The summed E-state index contributed by atoms with van der Waals surface area (Å²) in [4.78, 5) is 20.9. The third-order valence-electron chi connectivity index (χ3n) is 3.13. The van der Waals surface area contributed by atoms with Crippen molar-refractivity contribution >= 4 is 11.9 Å². The lowest BCUT2D eigenvalue weighted by Crippen LogP contribution is -1.98. The van der Waals surface area contributed by atoms with Crippen molar-refractivity contribution < 1.29 is 19.1 Å². The van der Waals surface area contributed by atoms with Gasteiger partial charge in [-0.05, 0) is 25.0 Å². The van der Waals surface area contributed by atoms with Gasteiger partial charge in [0.05, 0.1) is 0 Å². The SMILES string of the molecule is CC.CC(=O)OCc1ccc(C)cc1.CC(=O)OCc1ccc(C)cc1. The molecule has 142 valence electrons. The molecule has 4 heteroatoms. The summed E-state index contributed by atoms with van der Waals surface area (Å²) >= 11 is 0. The van der Waals surface area contributed by atoms with E-state index in [2.05, 4.69) is 0 Å². The minimum atomic E-state index is -0.240. The molecule has 0 aliphatic carbocycles. The lowest BCUT2D eigenvalue weighted by molar-refractivity contribution is -0.143. The van der Waals surface area contributed by atoms with Crippen molar-refractivity contribution in [2.45, 2.75) is 54.8 Å². The van der Waals surface area contributed by atoms with E-state index >= 15 is 0 Å². The van der Waals surface area contributed by atoms with Crippen LogP contribution in [0.2, 0.25) is 0 Å². The van der Waals surface area contributed by atoms with Crippen molar-refractivity contribution in [3.05, 3.63) is 70.8 Å². The molecule has 0 aliphatic rings. The van der Waals surface area contributed by atoms with Gasteiger partial charge in [0.15, 0.2) is 0 Å². The summed E-state index contributed by atoms with van der Waals surface area (Å²) in [5, 5.41) is 0. The Morgan fingerprint density at radius 1 is 0.654 bits per heavy atom. The zero-order valence-electron chi connectivity index (χ0n) is 16.7. The second-order valence-corrected chi connectivity index (χ2v) is 5.53. The first-order valence-corrected chi connectivity index (χ1v) is 8.74. The summed E-state index contributed by atoms with van der Waals surface area (Å²) in [6.07, 6.45) is 0. The molecule has 0 unspecified atom stereocenters. The average molecular weight is 358 g/mol. The largest absolute Gasteiger partial charge is 0.461 e. The van der Waals surface area contributed by atoms with E-state index in [-0.39, 0.29) is 11.9 Å². The van der Waals surface area contributed by atoms with Crippen LogP contribution in [0.25, 0.3) is 0 Å². The molecule has 0 heterocycles. The van der Waals surface area contributed by atoms with E-state index in [1.165, 1.54) is 25.0 Å². The molecule has 0 aromatic heterocycles. The highest BCUT2D eigenvalue weighted by Gasteiger charge is 1.95. The maximum absolute atomic E-state index is 10.5. The minimum absolute atomic E-state index is 0.240. The molecule has 0 fully saturated rings. The second-order valence-electron chi connectivity index (χ2n) is 5.53. The van der Waals surface area contributed by atoms with Crippen LogP contribution >= 0.6 is 0 Å². The number of hydrogen-bond donors (Lipinski definition) is 0. The molecule has 0 aliphatic heterocycles. The van der Waals surface area contributed by atoms with Gasteiger partial charge in [0.2, 0.25) is 0 Å². The van der Waals surface area contributed by atoms with Crippen LogP contribution in [0.1, 0.15) is 49.9 Å². The van der Waals surface area contributed by atoms with Gasteiger partial charge in [0, 0.05) is 13.8 Å². The molecule has 0 radical (unpaired) electrons. The van der Waals surface area contributed by atoms with Gasteiger partial charge in [0.25, 0.3) is 0 Å². The Hall–Kier alpha value is -2.62. The highest BCUT2D eigenvalue weighted by atomic mass is 16.5. The van der Waals surface area contributed by atoms with Crippen LogP contribution in [0.15, 0.2) is 48.5 Å². The summed E-state index contributed by atoms with van der Waals surface area (Å²) in [5.41, 5.74) is 4.47. The third kappa shape index (κ3) is 11.8. The molecule has 0 bridgehead atoms. The van der Waals surface area contributed by atoms with E-state index in [9.17, 15) is 9.59 Å². The van der Waals surface area contributed by atoms with Gasteiger partial charge in [-0.15, -0.1) is 0 Å². The van der Waals surface area contributed by atoms with Crippen molar-refractivity contribution in [2.75, 3.05) is 0 Å². The predicted molar refractivity (Wildman–Crippen MR) is 105 cm³/mol. The Bertz CT molecular complexity index is 583. The number of benzene rings is 2. The Balaban J connectivity index is 0.000000439. The molecule has 0 N–H and O–H groups in total. The summed E-state index contributed by atoms with van der Waals surface area (Å²) in [6.45, 7) is 11.6. The van der Waals surface area contributed by atoms with Crippen LogP contribution in [0.3, 0.4) is 0 Å². The lowest BCUT2D eigenvalue weighted by atomic mass is 10.2. The fourth-order valence-corrected chi connectivity index (χ4v) is 1.74. The Kier molecular flexibility index (Phi) is 12.3. The van der Waals surface area contributed by atoms with Gasteiger partial charge in [-0.3, -0.25) is 9.59 Å². The summed E-state index contributed by atoms with van der Waals surface area (Å²) < 4.78 is 9.66. The Labute approximate surface area is 157 Å². The van der Waals surface area contributed by atoms with Crippen molar-refractivity contribution in [3.8, 4) is 0 Å². The van der Waals surface area contributed by atoms with Crippen LogP contribution in [0.5, 0.6) is 0 Å². The summed E-state index contributed by atoms with van der Waals surface area (Å²) in [5.74, 6) is -0.480. The Morgan fingerprint density at radius 2 is 0.923 bits per heavy atom. The smallest absolute Gasteiger partial charge is 0.302 e. The quantitative estimate of drug-likeness (QED) is 0.710. The van der Waals surface area contributed by atoms with Gasteiger partial charge in [0.1, 0.15) is 13.2 Å². The predicted octanol–water partition coefficient (Wildman–Crippen LogP) is 5.14. The number of ether oxygens (including phenoxy) is 2. The molecule has 0 spiro atoms. The zero-order chi connectivity index (χ0) is 19.9. The van der Waals surface area contributed by atoms with E-state index in [0.29, 0.717) is 13.2 Å². The highest BCUT2D eigenvalue weighted by molar-refractivity contribution is 5.66. The van der Waals surface area contributed by atoms with E-state index in [1.807, 2.05) is 76.2 Å². The molecular weight excluding hydrogens is 328 g/mol. The van der Waals surface area contributed by atoms with Crippen LogP contribution in [0.4, 0.5) is 0 Å². The first kappa shape index (κ1) is 23.4. The van der Waals surface area contributed by atoms with Gasteiger partial charge >= 0.3 is 11.9 Å². The van der Waals surface area contributed by atoms with E-state index in [0.717, 1.165) is 11.1 Å². The molecule has 0 atom stereocenters. The molecule has 2 aromatic rings. The number of carbonyl (C=O) groups is 2. The van der Waals surface area contributed by atoms with Crippen molar-refractivity contribution in [1.29, 1.82) is 0 Å². The first-order valence-electron chi connectivity index (χ1n) is 8.74. The lowest BCUT2D eigenvalue weighted by Gasteiger charge is -2.01. The van der Waals surface area contributed by atoms with Crippen LogP contribution in [0, 0.1) is 13.8 Å². The van der Waals surface area contributed by atoms with Gasteiger partial charge in [-0.2, -0.15) is 0 Å². The monoisotopic (exact) mass is 358 g/mol. The normalized spacial score (nSPS) is 9.00. The van der Waals surface area contributed by atoms with Crippen molar-refractivity contribution in [2.24, 2.45) is 0 Å². The van der Waals surface area contributed by atoms with E-state index in [4.69, 9.17) is 9.47 Å². The molecule has 26 heavy (non-hydrogen) atoms. The molecular formula is C22H30O4. The number of rotatable bonds is 4. The van der Waals surface area contributed by atoms with Crippen LogP contribution in [-0.4, -0.2) is 11.9 Å². The minimum Gasteiger partial charge on any atom is -0.461 e.